The van der Waals surface area contributed by atoms with Crippen LogP contribution in [0.5, 0.6) is 0 Å². The van der Waals surface area contributed by atoms with E-state index in [2.05, 4.69) is 20.5 Å². The summed E-state index contributed by atoms with van der Waals surface area (Å²) >= 11 is 4.40. The largest absolute Gasteiger partial charge is 0.440 e. The van der Waals surface area contributed by atoms with E-state index in [0.717, 1.165) is 26.4 Å². The number of aromatic nitrogens is 3. The lowest BCUT2D eigenvalue weighted by molar-refractivity contribution is -0.118. The number of hydrogen-bond acceptors (Lipinski definition) is 8. The normalized spacial score (nSPS) is 10.8. The number of carbonyl (C=O) groups is 1. The minimum Gasteiger partial charge on any atom is -0.440 e. The second-order valence-corrected chi connectivity index (χ2v) is 8.67. The molecular weight excluding hydrogens is 388 g/mol. The Morgan fingerprint density at radius 2 is 1.96 bits per heavy atom. The lowest BCUT2D eigenvalue weighted by Crippen LogP contribution is -2.25. The monoisotopic (exact) mass is 406 g/mol. The first-order valence-corrected chi connectivity index (χ1v) is 10.9. The molecule has 0 saturated carbocycles. The molecule has 0 saturated heterocycles. The molecule has 1 amide bonds. The number of benzene rings is 1. The van der Waals surface area contributed by atoms with Gasteiger partial charge in [-0.1, -0.05) is 72.1 Å². The smallest absolute Gasteiger partial charge is 0.230 e. The number of nitrogens with zero attached hydrogens (tertiary/aromatic N) is 3. The highest BCUT2D eigenvalue weighted by Gasteiger charge is 2.11. The average molecular weight is 407 g/mol. The zero-order valence-electron chi connectivity index (χ0n) is 14.2. The first-order valence-electron chi connectivity index (χ1n) is 8.10. The molecule has 1 aromatic carbocycles. The summed E-state index contributed by atoms with van der Waals surface area (Å²) < 4.78 is 7.40. The lowest BCUT2D eigenvalue weighted by atomic mass is 10.2. The number of thioether (sulfide) groups is 2. The van der Waals surface area contributed by atoms with E-state index in [9.17, 15) is 4.79 Å². The van der Waals surface area contributed by atoms with Crippen molar-refractivity contribution < 1.29 is 9.21 Å². The highest BCUT2D eigenvalue weighted by Crippen LogP contribution is 2.31. The fraction of sp³-hybridized carbons (Fsp3) is 0.294. The lowest BCUT2D eigenvalue weighted by Gasteiger charge is -2.00. The summed E-state index contributed by atoms with van der Waals surface area (Å²) in [5.41, 5.74) is 1.01. The van der Waals surface area contributed by atoms with Gasteiger partial charge in [0.2, 0.25) is 11.8 Å². The number of oxazole rings is 1. The fourth-order valence-corrected chi connectivity index (χ4v) is 4.70. The molecule has 136 valence electrons. The van der Waals surface area contributed by atoms with Gasteiger partial charge in [0.05, 0.1) is 17.7 Å². The Hall–Kier alpha value is -1.84. The molecule has 0 bridgehead atoms. The van der Waals surface area contributed by atoms with E-state index in [1.54, 1.807) is 6.20 Å². The van der Waals surface area contributed by atoms with Gasteiger partial charge in [-0.05, 0) is 6.42 Å². The summed E-state index contributed by atoms with van der Waals surface area (Å²) in [6.45, 7) is 2.73. The maximum Gasteiger partial charge on any atom is 0.230 e. The van der Waals surface area contributed by atoms with Crippen LogP contribution in [0.2, 0.25) is 0 Å². The SMILES string of the molecule is CCCNC(=O)CSc1nnc(SCc2ncc(-c3ccccc3)o2)s1. The van der Waals surface area contributed by atoms with E-state index >= 15 is 0 Å². The Balaban J connectivity index is 1.48. The van der Waals surface area contributed by atoms with Crippen LogP contribution in [0.1, 0.15) is 19.2 Å². The fourth-order valence-electron chi connectivity index (χ4n) is 1.99. The summed E-state index contributed by atoms with van der Waals surface area (Å²) in [6, 6.07) is 9.88. The number of hydrogen-bond donors (Lipinski definition) is 1. The summed E-state index contributed by atoms with van der Waals surface area (Å²) in [6.07, 6.45) is 2.67. The second kappa shape index (κ2) is 9.75. The zero-order chi connectivity index (χ0) is 18.2. The molecule has 0 aliphatic heterocycles. The van der Waals surface area contributed by atoms with E-state index < -0.39 is 0 Å². The Bertz CT molecular complexity index is 835. The number of amides is 1. The van der Waals surface area contributed by atoms with Gasteiger partial charge in [-0.3, -0.25) is 4.79 Å². The van der Waals surface area contributed by atoms with Crippen molar-refractivity contribution in [3.8, 4) is 11.3 Å². The third kappa shape index (κ3) is 5.58. The minimum absolute atomic E-state index is 0.0227. The van der Waals surface area contributed by atoms with Crippen LogP contribution in [0.25, 0.3) is 11.3 Å². The van der Waals surface area contributed by atoms with Gasteiger partial charge >= 0.3 is 0 Å². The zero-order valence-corrected chi connectivity index (χ0v) is 16.6. The van der Waals surface area contributed by atoms with Gasteiger partial charge in [0, 0.05) is 12.1 Å². The molecule has 0 atom stereocenters. The molecular formula is C17H18N4O2S3. The number of carbonyl (C=O) groups excluding carboxylic acids is 1. The molecule has 9 heteroatoms. The van der Waals surface area contributed by atoms with E-state index in [4.69, 9.17) is 4.42 Å². The van der Waals surface area contributed by atoms with Crippen LogP contribution in [-0.2, 0) is 10.5 Å². The van der Waals surface area contributed by atoms with Gasteiger partial charge in [0.1, 0.15) is 0 Å². The maximum absolute atomic E-state index is 11.6. The number of rotatable bonds is 9. The van der Waals surface area contributed by atoms with Crippen LogP contribution in [0.3, 0.4) is 0 Å². The van der Waals surface area contributed by atoms with Gasteiger partial charge in [0.25, 0.3) is 0 Å². The predicted octanol–water partition coefficient (Wildman–Crippen LogP) is 4.10. The summed E-state index contributed by atoms with van der Waals surface area (Å²) in [7, 11) is 0. The molecule has 3 aromatic rings. The summed E-state index contributed by atoms with van der Waals surface area (Å²) in [4.78, 5) is 15.9. The summed E-state index contributed by atoms with van der Waals surface area (Å²) in [5, 5.41) is 11.1. The standard InChI is InChI=1S/C17H18N4O2S3/c1-2-8-18-14(22)10-24-16-20-21-17(26-16)25-11-15-19-9-13(23-15)12-6-4-3-5-7-12/h3-7,9H,2,8,10-11H2,1H3,(H,18,22). The second-order valence-electron chi connectivity index (χ2n) is 5.25. The minimum atomic E-state index is 0.0227. The molecule has 0 aliphatic carbocycles. The van der Waals surface area contributed by atoms with Crippen molar-refractivity contribution in [1.82, 2.24) is 20.5 Å². The van der Waals surface area contributed by atoms with Gasteiger partial charge in [0.15, 0.2) is 14.4 Å². The molecule has 3 rings (SSSR count). The van der Waals surface area contributed by atoms with Crippen molar-refractivity contribution in [3.63, 3.8) is 0 Å². The van der Waals surface area contributed by atoms with Crippen LogP contribution in [0, 0.1) is 0 Å². The molecule has 0 aliphatic rings. The predicted molar refractivity (Wildman–Crippen MR) is 105 cm³/mol. The third-order valence-corrected chi connectivity index (χ3v) is 6.39. The molecule has 0 radical (unpaired) electrons. The molecule has 6 nitrogen and oxygen atoms in total. The number of nitrogens with one attached hydrogen (secondary N) is 1. The molecule has 0 spiro atoms. The van der Waals surface area contributed by atoms with Crippen LogP contribution in [0.4, 0.5) is 0 Å². The molecule has 2 heterocycles. The Labute approximate surface area is 164 Å². The highest BCUT2D eigenvalue weighted by molar-refractivity contribution is 8.03. The average Bonchev–Trinajstić information content (AvgIpc) is 3.33. The van der Waals surface area contributed by atoms with E-state index in [1.165, 1.54) is 34.9 Å². The third-order valence-electron chi connectivity index (χ3n) is 3.22. The first kappa shape index (κ1) is 18.9. The van der Waals surface area contributed by atoms with E-state index in [1.807, 2.05) is 37.3 Å². The first-order chi connectivity index (χ1) is 12.7. The van der Waals surface area contributed by atoms with Gasteiger partial charge in [-0.2, -0.15) is 0 Å². The van der Waals surface area contributed by atoms with Crippen molar-refractivity contribution in [2.45, 2.75) is 27.8 Å². The highest BCUT2D eigenvalue weighted by atomic mass is 32.2. The van der Waals surface area contributed by atoms with E-state index in [-0.39, 0.29) is 5.91 Å². The van der Waals surface area contributed by atoms with E-state index in [0.29, 0.717) is 23.9 Å². The van der Waals surface area contributed by atoms with Crippen molar-refractivity contribution in [3.05, 3.63) is 42.4 Å². The Kier molecular flexibility index (Phi) is 7.10. The van der Waals surface area contributed by atoms with Gasteiger partial charge < -0.3 is 9.73 Å². The Morgan fingerprint density at radius 3 is 2.73 bits per heavy atom. The van der Waals surface area contributed by atoms with Crippen molar-refractivity contribution in [2.75, 3.05) is 12.3 Å². The van der Waals surface area contributed by atoms with Crippen LogP contribution >= 0.6 is 34.9 Å². The van der Waals surface area contributed by atoms with Gasteiger partial charge in [-0.25, -0.2) is 4.98 Å². The molecule has 0 unspecified atom stereocenters. The van der Waals surface area contributed by atoms with Crippen molar-refractivity contribution >= 4 is 40.8 Å². The van der Waals surface area contributed by atoms with Crippen LogP contribution in [-0.4, -0.2) is 33.4 Å². The molecule has 26 heavy (non-hydrogen) atoms. The van der Waals surface area contributed by atoms with Crippen molar-refractivity contribution in [2.24, 2.45) is 0 Å². The van der Waals surface area contributed by atoms with Crippen LogP contribution < -0.4 is 5.32 Å². The molecule has 0 fully saturated rings. The van der Waals surface area contributed by atoms with Crippen LogP contribution in [0.15, 0.2) is 49.6 Å². The Morgan fingerprint density at radius 1 is 1.19 bits per heavy atom. The topological polar surface area (TPSA) is 80.9 Å². The molecule has 2 aromatic heterocycles. The maximum atomic E-state index is 11.6. The molecule has 1 N–H and O–H groups in total. The summed E-state index contributed by atoms with van der Waals surface area (Å²) in [5.74, 6) is 2.38. The van der Waals surface area contributed by atoms with Gasteiger partial charge in [-0.15, -0.1) is 10.2 Å². The van der Waals surface area contributed by atoms with Crippen molar-refractivity contribution in [1.29, 1.82) is 0 Å². The quantitative estimate of drug-likeness (QED) is 0.536.